The molecule has 0 aliphatic carbocycles. The molecule has 0 saturated carbocycles. The second kappa shape index (κ2) is 13.4. The van der Waals surface area contributed by atoms with Crippen LogP contribution in [-0.2, 0) is 23.1 Å². The molecule has 0 unspecified atom stereocenters. The van der Waals surface area contributed by atoms with E-state index in [1.54, 1.807) is 13.1 Å². The first-order valence-electron chi connectivity index (χ1n) is 12.1. The average Bonchev–Trinajstić information content (AvgIpc) is 3.58. The van der Waals surface area contributed by atoms with Gasteiger partial charge in [-0.25, -0.2) is 19.4 Å². The minimum Gasteiger partial charge on any atom is -0.477 e. The summed E-state index contributed by atoms with van der Waals surface area (Å²) in [6.07, 6.45) is 1.18. The molecule has 3 aromatic heterocycles. The number of aromatic carboxylic acids is 1. The number of fused-ring (bicyclic) bond motifs is 2. The molecule has 0 radical (unpaired) electrons. The van der Waals surface area contributed by atoms with E-state index < -0.39 is 29.8 Å². The van der Waals surface area contributed by atoms with Gasteiger partial charge in [0.2, 0.25) is 5.91 Å². The van der Waals surface area contributed by atoms with Crippen molar-refractivity contribution in [2.75, 3.05) is 7.11 Å². The van der Waals surface area contributed by atoms with Crippen LogP contribution >= 0.6 is 12.4 Å². The molecule has 43 heavy (non-hydrogen) atoms. The van der Waals surface area contributed by atoms with E-state index >= 15 is 0 Å². The highest BCUT2D eigenvalue weighted by Gasteiger charge is 2.24. The Labute approximate surface area is 247 Å². The first-order chi connectivity index (χ1) is 20.0. The number of nitrogens with one attached hydrogen (secondary N) is 1. The summed E-state index contributed by atoms with van der Waals surface area (Å²) in [7, 11) is 2.91. The minimum atomic E-state index is -1.35. The quantitative estimate of drug-likeness (QED) is 0.184. The Kier molecular flexibility index (Phi) is 9.92. The van der Waals surface area contributed by atoms with Gasteiger partial charge < -0.3 is 31.0 Å². The number of oxazole rings is 1. The Morgan fingerprint density at radius 1 is 1.12 bits per heavy atom. The molecule has 16 nitrogen and oxygen atoms in total. The molecule has 5 rings (SSSR count). The highest BCUT2D eigenvalue weighted by molar-refractivity contribution is 5.98. The van der Waals surface area contributed by atoms with Crippen LogP contribution in [0.15, 0.2) is 63.9 Å². The van der Waals surface area contributed by atoms with Crippen LogP contribution in [0.1, 0.15) is 48.5 Å². The van der Waals surface area contributed by atoms with Crippen molar-refractivity contribution >= 4 is 52.9 Å². The number of amides is 2. The number of esters is 1. The summed E-state index contributed by atoms with van der Waals surface area (Å²) in [5, 5.41) is 18.8. The van der Waals surface area contributed by atoms with Crippen LogP contribution in [0.5, 0.6) is 0 Å². The summed E-state index contributed by atoms with van der Waals surface area (Å²) >= 11 is 0. The molecule has 5 aromatic rings. The number of ether oxygens (including phenoxy) is 1. The van der Waals surface area contributed by atoms with E-state index in [0.717, 1.165) is 21.7 Å². The summed E-state index contributed by atoms with van der Waals surface area (Å²) in [4.78, 5) is 62.4. The standard InChI is InChI=1S/C17H14N6O6.C9H10N2O2.ClH/c1-29-17(28)9-4-2-8(3-5-9)13(14(18)24)21-15(25)10-6-11(16(26)27)23-12(20-10)7-19-22-23;1-11-7-4-6(5-10)2-3-8(7)13-9(11)12;/h2-7,13H,1H3,(H2,18,24)(H,21,25)(H,26,27);2-4H,5,10H2,1H3;1H/t13-;;/m1../s1. The van der Waals surface area contributed by atoms with E-state index in [-0.39, 0.29) is 40.8 Å². The van der Waals surface area contributed by atoms with Gasteiger partial charge in [-0.15, -0.1) is 17.5 Å². The maximum Gasteiger partial charge on any atom is 0.419 e. The zero-order valence-corrected chi connectivity index (χ0v) is 23.4. The zero-order chi connectivity index (χ0) is 30.6. The average molecular weight is 613 g/mol. The Morgan fingerprint density at radius 3 is 2.42 bits per heavy atom. The van der Waals surface area contributed by atoms with Gasteiger partial charge in [-0.3, -0.25) is 14.2 Å². The number of primary amides is 1. The largest absolute Gasteiger partial charge is 0.477 e. The van der Waals surface area contributed by atoms with E-state index in [1.165, 1.54) is 42.1 Å². The Hall–Kier alpha value is -5.61. The van der Waals surface area contributed by atoms with Crippen LogP contribution < -0.4 is 22.5 Å². The van der Waals surface area contributed by atoms with Gasteiger partial charge in [0.1, 0.15) is 11.7 Å². The number of carboxylic acids is 1. The van der Waals surface area contributed by atoms with Crippen LogP contribution in [0.2, 0.25) is 0 Å². The predicted octanol–water partition coefficient (Wildman–Crippen LogP) is 0.578. The van der Waals surface area contributed by atoms with Crippen molar-refractivity contribution in [3.05, 3.63) is 93.4 Å². The number of benzene rings is 2. The first-order valence-corrected chi connectivity index (χ1v) is 12.1. The van der Waals surface area contributed by atoms with Crippen molar-refractivity contribution in [2.24, 2.45) is 18.5 Å². The number of aromatic nitrogens is 5. The van der Waals surface area contributed by atoms with Crippen molar-refractivity contribution < 1.29 is 33.4 Å². The number of halogens is 1. The van der Waals surface area contributed by atoms with Gasteiger partial charge >= 0.3 is 17.7 Å². The van der Waals surface area contributed by atoms with Crippen LogP contribution in [0.25, 0.3) is 16.7 Å². The van der Waals surface area contributed by atoms with Gasteiger partial charge in [0.05, 0.1) is 24.4 Å². The fourth-order valence-corrected chi connectivity index (χ4v) is 3.84. The predicted molar refractivity (Wildman–Crippen MR) is 152 cm³/mol. The lowest BCUT2D eigenvalue weighted by molar-refractivity contribution is -0.120. The Balaban J connectivity index is 0.000000302. The third-order valence-electron chi connectivity index (χ3n) is 6.04. The maximum atomic E-state index is 12.6. The minimum absolute atomic E-state index is 0. The third kappa shape index (κ3) is 6.83. The van der Waals surface area contributed by atoms with Gasteiger partial charge in [-0.2, -0.15) is 4.52 Å². The number of nitrogens with two attached hydrogens (primary N) is 2. The monoisotopic (exact) mass is 612 g/mol. The summed E-state index contributed by atoms with van der Waals surface area (Å²) in [5.41, 5.74) is 13.2. The number of carboxylic acid groups (broad SMARTS) is 1. The van der Waals surface area contributed by atoms with E-state index in [4.69, 9.17) is 15.9 Å². The third-order valence-corrected chi connectivity index (χ3v) is 6.04. The van der Waals surface area contributed by atoms with Gasteiger partial charge in [-0.05, 0) is 35.4 Å². The van der Waals surface area contributed by atoms with Crippen molar-refractivity contribution in [1.29, 1.82) is 0 Å². The molecule has 0 saturated heterocycles. The first kappa shape index (κ1) is 31.9. The van der Waals surface area contributed by atoms with Crippen LogP contribution in [0.3, 0.4) is 0 Å². The maximum absolute atomic E-state index is 12.6. The number of methoxy groups -OCH3 is 1. The van der Waals surface area contributed by atoms with E-state index in [0.29, 0.717) is 17.7 Å². The number of hydrogen-bond acceptors (Lipinski definition) is 11. The molecule has 3 heterocycles. The molecule has 0 bridgehead atoms. The molecule has 2 aromatic carbocycles. The lowest BCUT2D eigenvalue weighted by Crippen LogP contribution is -2.38. The molecule has 17 heteroatoms. The second-order valence-corrected chi connectivity index (χ2v) is 8.69. The molecule has 0 spiro atoms. The zero-order valence-electron chi connectivity index (χ0n) is 22.6. The highest BCUT2D eigenvalue weighted by atomic mass is 35.5. The molecular formula is C26H25ClN8O8. The van der Waals surface area contributed by atoms with E-state index in [9.17, 15) is 29.1 Å². The highest BCUT2D eigenvalue weighted by Crippen LogP contribution is 2.16. The summed E-state index contributed by atoms with van der Waals surface area (Å²) < 4.78 is 12.0. The van der Waals surface area contributed by atoms with Gasteiger partial charge in [0, 0.05) is 19.7 Å². The fourth-order valence-electron chi connectivity index (χ4n) is 3.84. The van der Waals surface area contributed by atoms with Crippen molar-refractivity contribution in [3.8, 4) is 0 Å². The summed E-state index contributed by atoms with van der Waals surface area (Å²) in [6, 6.07) is 10.9. The Bertz CT molecular complexity index is 1880. The molecular weight excluding hydrogens is 588 g/mol. The normalized spacial score (nSPS) is 11.1. The molecule has 0 fully saturated rings. The molecule has 1 atom stereocenters. The molecule has 0 aliphatic rings. The lowest BCUT2D eigenvalue weighted by Gasteiger charge is -2.16. The Morgan fingerprint density at radius 2 is 1.81 bits per heavy atom. The van der Waals surface area contributed by atoms with Crippen molar-refractivity contribution in [2.45, 2.75) is 12.6 Å². The number of carbonyl (C=O) groups excluding carboxylic acids is 3. The van der Waals surface area contributed by atoms with E-state index in [1.807, 2.05) is 12.1 Å². The SMILES string of the molecule is COC(=O)c1ccc([C@@H](NC(=O)c2cc(C(=O)O)n3nncc3n2)C(N)=O)cc1.Cl.Cn1c(=O)oc2ccc(CN)cc21. The smallest absolute Gasteiger partial charge is 0.419 e. The lowest BCUT2D eigenvalue weighted by atomic mass is 10.0. The fraction of sp³-hybridized carbons (Fsp3) is 0.154. The van der Waals surface area contributed by atoms with Gasteiger partial charge in [0.15, 0.2) is 16.9 Å². The van der Waals surface area contributed by atoms with Crippen molar-refractivity contribution in [3.63, 3.8) is 0 Å². The molecule has 6 N–H and O–H groups in total. The van der Waals surface area contributed by atoms with Crippen LogP contribution in [0.4, 0.5) is 0 Å². The topological polar surface area (TPSA) is 240 Å². The van der Waals surface area contributed by atoms with E-state index in [2.05, 4.69) is 25.3 Å². The molecule has 0 aliphatic heterocycles. The van der Waals surface area contributed by atoms with Gasteiger partial charge in [-0.1, -0.05) is 23.4 Å². The second-order valence-electron chi connectivity index (χ2n) is 8.69. The molecule has 224 valence electrons. The summed E-state index contributed by atoms with van der Waals surface area (Å²) in [6.45, 7) is 0.468. The van der Waals surface area contributed by atoms with Crippen molar-refractivity contribution in [1.82, 2.24) is 29.7 Å². The van der Waals surface area contributed by atoms with Crippen LogP contribution in [-0.4, -0.2) is 60.3 Å². The number of hydrogen-bond donors (Lipinski definition) is 4. The van der Waals surface area contributed by atoms with Crippen LogP contribution in [0, 0.1) is 0 Å². The van der Waals surface area contributed by atoms with Gasteiger partial charge in [0.25, 0.3) is 5.91 Å². The molecule has 2 amide bonds. The number of carbonyl (C=O) groups is 4. The number of aryl methyl sites for hydroxylation is 1. The number of nitrogens with zero attached hydrogens (tertiary/aromatic N) is 5. The number of rotatable bonds is 7. The summed E-state index contributed by atoms with van der Waals surface area (Å²) in [5.74, 6) is -3.96.